The lowest BCUT2D eigenvalue weighted by molar-refractivity contribution is 1.03. The summed E-state index contributed by atoms with van der Waals surface area (Å²) in [6.07, 6.45) is 6.29. The van der Waals surface area contributed by atoms with E-state index in [1.165, 1.54) is 5.57 Å². The lowest BCUT2D eigenvalue weighted by atomic mass is 10.1. The summed E-state index contributed by atoms with van der Waals surface area (Å²) in [7, 11) is 0. The summed E-state index contributed by atoms with van der Waals surface area (Å²) in [6.45, 7) is 6.43. The van der Waals surface area contributed by atoms with Crippen molar-refractivity contribution in [3.63, 3.8) is 0 Å². The fourth-order valence-corrected chi connectivity index (χ4v) is 2.74. The van der Waals surface area contributed by atoms with Crippen LogP contribution in [0.1, 0.15) is 39.4 Å². The average Bonchev–Trinajstić information content (AvgIpc) is 2.74. The standard InChI is InChI=1S/C24H25N3/c1-4-12-21(17-18(3)5-2)24-26-22(19-13-8-6-9-14-19)25-23(27-24)20-15-10-7-11-16-20/h6-17H,4-5H2,1-3H3/b18-17-,21-12+. The summed E-state index contributed by atoms with van der Waals surface area (Å²) in [5, 5.41) is 0. The lowest BCUT2D eigenvalue weighted by Gasteiger charge is -2.09. The highest BCUT2D eigenvalue weighted by Gasteiger charge is 2.12. The van der Waals surface area contributed by atoms with Crippen LogP contribution in [0.2, 0.25) is 0 Å². The van der Waals surface area contributed by atoms with Gasteiger partial charge in [-0.25, -0.2) is 15.0 Å². The van der Waals surface area contributed by atoms with Crippen molar-refractivity contribution >= 4 is 5.57 Å². The molecule has 0 unspecified atom stereocenters. The van der Waals surface area contributed by atoms with Crippen molar-refractivity contribution in [3.8, 4) is 22.8 Å². The maximum atomic E-state index is 4.80. The van der Waals surface area contributed by atoms with Crippen LogP contribution in [0.15, 0.2) is 78.4 Å². The van der Waals surface area contributed by atoms with Crippen LogP contribution >= 0.6 is 0 Å². The van der Waals surface area contributed by atoms with Crippen LogP contribution < -0.4 is 0 Å². The summed E-state index contributed by atoms with van der Waals surface area (Å²) in [5.74, 6) is 2.12. The van der Waals surface area contributed by atoms with Gasteiger partial charge in [-0.15, -0.1) is 0 Å². The zero-order valence-electron chi connectivity index (χ0n) is 16.2. The molecule has 0 saturated carbocycles. The molecular weight excluding hydrogens is 330 g/mol. The number of hydrogen-bond acceptors (Lipinski definition) is 3. The number of benzene rings is 2. The SMILES string of the molecule is CC/C=C(\C=C(\C)CC)c1nc(-c2ccccc2)nc(-c2ccccc2)n1. The quantitative estimate of drug-likeness (QED) is 0.483. The first-order chi connectivity index (χ1) is 13.2. The molecular formula is C24H25N3. The van der Waals surface area contributed by atoms with E-state index in [0.717, 1.165) is 35.4 Å². The second kappa shape index (κ2) is 9.04. The summed E-state index contributed by atoms with van der Waals surface area (Å²) in [5.41, 5.74) is 4.34. The topological polar surface area (TPSA) is 38.7 Å². The molecule has 3 aromatic rings. The van der Waals surface area contributed by atoms with Gasteiger partial charge in [0, 0.05) is 16.7 Å². The average molecular weight is 355 g/mol. The Bertz CT molecular complexity index is 884. The molecule has 3 nitrogen and oxygen atoms in total. The van der Waals surface area contributed by atoms with Crippen molar-refractivity contribution in [2.45, 2.75) is 33.6 Å². The summed E-state index contributed by atoms with van der Waals surface area (Å²) < 4.78 is 0. The Balaban J connectivity index is 2.19. The zero-order valence-corrected chi connectivity index (χ0v) is 16.2. The fourth-order valence-electron chi connectivity index (χ4n) is 2.74. The summed E-state index contributed by atoms with van der Waals surface area (Å²) >= 11 is 0. The third-order valence-electron chi connectivity index (χ3n) is 4.34. The van der Waals surface area contributed by atoms with E-state index in [0.29, 0.717) is 11.6 Å². The Morgan fingerprint density at radius 3 is 1.74 bits per heavy atom. The zero-order chi connectivity index (χ0) is 19.1. The van der Waals surface area contributed by atoms with Gasteiger partial charge in [-0.2, -0.15) is 0 Å². The first-order valence-corrected chi connectivity index (χ1v) is 9.46. The van der Waals surface area contributed by atoms with E-state index in [-0.39, 0.29) is 0 Å². The van der Waals surface area contributed by atoms with Gasteiger partial charge in [0.25, 0.3) is 0 Å². The molecule has 0 saturated heterocycles. The molecule has 0 fully saturated rings. The molecule has 0 bridgehead atoms. The van der Waals surface area contributed by atoms with Crippen molar-refractivity contribution in [1.82, 2.24) is 15.0 Å². The van der Waals surface area contributed by atoms with E-state index in [1.54, 1.807) is 0 Å². The second-order valence-electron chi connectivity index (χ2n) is 6.45. The minimum atomic E-state index is 0.698. The van der Waals surface area contributed by atoms with Gasteiger partial charge < -0.3 is 0 Å². The normalized spacial score (nSPS) is 12.3. The lowest BCUT2D eigenvalue weighted by Crippen LogP contribution is -2.02. The molecule has 0 spiro atoms. The number of hydrogen-bond donors (Lipinski definition) is 0. The predicted octanol–water partition coefficient (Wildman–Crippen LogP) is 6.36. The monoisotopic (exact) mass is 355 g/mol. The van der Waals surface area contributed by atoms with E-state index >= 15 is 0 Å². The highest BCUT2D eigenvalue weighted by atomic mass is 15.0. The third kappa shape index (κ3) is 4.76. The van der Waals surface area contributed by atoms with E-state index in [9.17, 15) is 0 Å². The second-order valence-corrected chi connectivity index (χ2v) is 6.45. The van der Waals surface area contributed by atoms with E-state index < -0.39 is 0 Å². The minimum absolute atomic E-state index is 0.698. The maximum Gasteiger partial charge on any atom is 0.164 e. The van der Waals surface area contributed by atoms with Crippen LogP contribution in [0.4, 0.5) is 0 Å². The highest BCUT2D eigenvalue weighted by molar-refractivity contribution is 5.73. The van der Waals surface area contributed by atoms with Crippen LogP contribution in [0.5, 0.6) is 0 Å². The van der Waals surface area contributed by atoms with Crippen molar-refractivity contribution in [2.24, 2.45) is 0 Å². The maximum absolute atomic E-state index is 4.80. The number of rotatable bonds is 6. The van der Waals surface area contributed by atoms with Gasteiger partial charge in [0.05, 0.1) is 0 Å². The summed E-state index contributed by atoms with van der Waals surface area (Å²) in [4.78, 5) is 14.3. The number of aromatic nitrogens is 3. The van der Waals surface area contributed by atoms with E-state index in [4.69, 9.17) is 15.0 Å². The first kappa shape index (κ1) is 18.7. The largest absolute Gasteiger partial charge is 0.208 e. The van der Waals surface area contributed by atoms with E-state index in [1.807, 2.05) is 60.7 Å². The van der Waals surface area contributed by atoms with Gasteiger partial charge in [0.2, 0.25) is 0 Å². The molecule has 1 heterocycles. The first-order valence-electron chi connectivity index (χ1n) is 9.46. The van der Waals surface area contributed by atoms with Crippen molar-refractivity contribution in [2.75, 3.05) is 0 Å². The molecule has 0 aliphatic rings. The van der Waals surface area contributed by atoms with Crippen LogP contribution in [-0.4, -0.2) is 15.0 Å². The Morgan fingerprint density at radius 2 is 1.30 bits per heavy atom. The molecule has 3 heteroatoms. The van der Waals surface area contributed by atoms with Crippen molar-refractivity contribution < 1.29 is 0 Å². The van der Waals surface area contributed by atoms with Gasteiger partial charge in [-0.05, 0) is 19.8 Å². The number of allylic oxidation sites excluding steroid dienone is 4. The van der Waals surface area contributed by atoms with Crippen LogP contribution in [0.3, 0.4) is 0 Å². The molecule has 27 heavy (non-hydrogen) atoms. The van der Waals surface area contributed by atoms with Crippen LogP contribution in [0.25, 0.3) is 28.3 Å². The molecule has 0 aliphatic heterocycles. The molecule has 0 atom stereocenters. The van der Waals surface area contributed by atoms with Crippen LogP contribution in [0, 0.1) is 0 Å². The predicted molar refractivity (Wildman–Crippen MR) is 113 cm³/mol. The van der Waals surface area contributed by atoms with Crippen LogP contribution in [-0.2, 0) is 0 Å². The number of nitrogens with zero attached hydrogens (tertiary/aromatic N) is 3. The van der Waals surface area contributed by atoms with Crippen molar-refractivity contribution in [1.29, 1.82) is 0 Å². The molecule has 0 N–H and O–H groups in total. The molecule has 2 aromatic carbocycles. The Labute approximate surface area is 161 Å². The van der Waals surface area contributed by atoms with Gasteiger partial charge in [-0.1, -0.05) is 92.2 Å². The smallest absolute Gasteiger partial charge is 0.164 e. The summed E-state index contributed by atoms with van der Waals surface area (Å²) in [6, 6.07) is 20.1. The molecule has 0 amide bonds. The molecule has 3 rings (SSSR count). The van der Waals surface area contributed by atoms with Gasteiger partial charge >= 0.3 is 0 Å². The third-order valence-corrected chi connectivity index (χ3v) is 4.34. The van der Waals surface area contributed by atoms with Gasteiger partial charge in [0.15, 0.2) is 17.5 Å². The molecule has 136 valence electrons. The van der Waals surface area contributed by atoms with Gasteiger partial charge in [-0.3, -0.25) is 0 Å². The van der Waals surface area contributed by atoms with E-state index in [2.05, 4.69) is 32.9 Å². The Kier molecular flexibility index (Phi) is 6.26. The Hall–Kier alpha value is -3.07. The molecule has 1 aromatic heterocycles. The highest BCUT2D eigenvalue weighted by Crippen LogP contribution is 2.24. The minimum Gasteiger partial charge on any atom is -0.208 e. The molecule has 0 radical (unpaired) electrons. The molecule has 0 aliphatic carbocycles. The van der Waals surface area contributed by atoms with Gasteiger partial charge in [0.1, 0.15) is 0 Å². The van der Waals surface area contributed by atoms with Crippen molar-refractivity contribution in [3.05, 3.63) is 84.2 Å². The Morgan fingerprint density at radius 1 is 0.778 bits per heavy atom. The fraction of sp³-hybridized carbons (Fsp3) is 0.208.